The fraction of sp³-hybridized carbons (Fsp3) is 0.133. The predicted molar refractivity (Wildman–Crippen MR) is 78.3 cm³/mol. The Hall–Kier alpha value is -2.12. The maximum Gasteiger partial charge on any atom is 0.101 e. The molecule has 0 fully saturated rings. The average Bonchev–Trinajstić information content (AvgIpc) is 2.45. The summed E-state index contributed by atoms with van der Waals surface area (Å²) in [7, 11) is 0. The highest BCUT2D eigenvalue weighted by Gasteiger charge is 2.08. The van der Waals surface area contributed by atoms with Crippen molar-refractivity contribution in [3.63, 3.8) is 0 Å². The van der Waals surface area contributed by atoms with Gasteiger partial charge in [-0.05, 0) is 43.0 Å². The van der Waals surface area contributed by atoms with Crippen molar-refractivity contribution in [2.24, 2.45) is 10.2 Å². The van der Waals surface area contributed by atoms with Gasteiger partial charge in [-0.1, -0.05) is 18.2 Å². The zero-order valence-electron chi connectivity index (χ0n) is 10.8. The van der Waals surface area contributed by atoms with E-state index in [1.165, 1.54) is 11.8 Å². The van der Waals surface area contributed by atoms with Gasteiger partial charge < -0.3 is 0 Å². The molecule has 0 saturated carbocycles. The summed E-state index contributed by atoms with van der Waals surface area (Å²) >= 11 is 1.51. The van der Waals surface area contributed by atoms with Gasteiger partial charge in [-0.2, -0.15) is 10.4 Å². The van der Waals surface area contributed by atoms with Crippen LogP contribution in [0.1, 0.15) is 11.1 Å². The van der Waals surface area contributed by atoms with Gasteiger partial charge >= 0.3 is 0 Å². The Morgan fingerprint density at radius 3 is 2.47 bits per heavy atom. The summed E-state index contributed by atoms with van der Waals surface area (Å²) in [4.78, 5) is 0.868. The largest absolute Gasteiger partial charge is 0.192 e. The van der Waals surface area contributed by atoms with E-state index in [1.807, 2.05) is 55.6 Å². The van der Waals surface area contributed by atoms with Crippen LogP contribution in [0.4, 0.5) is 11.4 Å². The van der Waals surface area contributed by atoms with Crippen LogP contribution in [-0.2, 0) is 0 Å². The van der Waals surface area contributed by atoms with Gasteiger partial charge in [0.1, 0.15) is 11.8 Å². The van der Waals surface area contributed by atoms with Crippen LogP contribution < -0.4 is 0 Å². The van der Waals surface area contributed by atoms with Crippen LogP contribution in [0.25, 0.3) is 0 Å². The van der Waals surface area contributed by atoms with Gasteiger partial charge in [0.2, 0.25) is 0 Å². The van der Waals surface area contributed by atoms with Gasteiger partial charge in [-0.3, -0.25) is 0 Å². The molecule has 0 radical (unpaired) electrons. The van der Waals surface area contributed by atoms with Crippen molar-refractivity contribution in [2.45, 2.75) is 11.8 Å². The summed E-state index contributed by atoms with van der Waals surface area (Å²) in [5.74, 6) is 0. The summed E-state index contributed by atoms with van der Waals surface area (Å²) in [6.07, 6.45) is 1.94. The molecule has 0 N–H and O–H groups in total. The molecular formula is C15H13N3S. The van der Waals surface area contributed by atoms with Crippen LogP contribution in [0.2, 0.25) is 0 Å². The number of nitrogens with zero attached hydrogens (tertiary/aromatic N) is 3. The lowest BCUT2D eigenvalue weighted by Crippen LogP contribution is -1.84. The Labute approximate surface area is 117 Å². The molecule has 0 atom stereocenters. The standard InChI is InChI=1S/C15H13N3S/c1-11-8-12(10-16)15(19-2)14(9-11)18-17-13-6-4-3-5-7-13/h3-9H,1-2H3. The molecule has 2 rings (SSSR count). The Morgan fingerprint density at radius 1 is 1.11 bits per heavy atom. The van der Waals surface area contributed by atoms with E-state index in [0.717, 1.165) is 21.8 Å². The SMILES string of the molecule is CSc1c(C#N)cc(C)cc1N=Nc1ccccc1. The lowest BCUT2D eigenvalue weighted by Gasteiger charge is -2.05. The van der Waals surface area contributed by atoms with Crippen molar-refractivity contribution in [2.75, 3.05) is 6.26 Å². The Bertz CT molecular complexity index is 642. The van der Waals surface area contributed by atoms with Crippen LogP contribution in [-0.4, -0.2) is 6.26 Å². The molecule has 0 bridgehead atoms. The number of hydrogen-bond acceptors (Lipinski definition) is 4. The summed E-state index contributed by atoms with van der Waals surface area (Å²) in [5, 5.41) is 17.6. The quantitative estimate of drug-likeness (QED) is 0.580. The Morgan fingerprint density at radius 2 is 1.84 bits per heavy atom. The molecule has 2 aromatic rings. The smallest absolute Gasteiger partial charge is 0.101 e. The molecule has 94 valence electrons. The van der Waals surface area contributed by atoms with Gasteiger partial charge in [-0.15, -0.1) is 16.9 Å². The van der Waals surface area contributed by atoms with E-state index in [1.54, 1.807) is 0 Å². The number of aryl methyl sites for hydroxylation is 1. The van der Waals surface area contributed by atoms with Crippen molar-refractivity contribution < 1.29 is 0 Å². The summed E-state index contributed by atoms with van der Waals surface area (Å²) < 4.78 is 0. The van der Waals surface area contributed by atoms with Crippen LogP contribution in [0.15, 0.2) is 57.6 Å². The van der Waals surface area contributed by atoms with Gasteiger partial charge in [0.05, 0.1) is 16.1 Å². The first-order chi connectivity index (χ1) is 9.24. The van der Waals surface area contributed by atoms with Gasteiger partial charge in [0, 0.05) is 0 Å². The zero-order valence-corrected chi connectivity index (χ0v) is 11.6. The molecule has 2 aromatic carbocycles. The number of hydrogen-bond donors (Lipinski definition) is 0. The van der Waals surface area contributed by atoms with Crippen LogP contribution in [0, 0.1) is 18.3 Å². The van der Waals surface area contributed by atoms with E-state index in [0.29, 0.717) is 5.56 Å². The van der Waals surface area contributed by atoms with E-state index >= 15 is 0 Å². The number of nitriles is 1. The number of benzene rings is 2. The molecule has 0 spiro atoms. The van der Waals surface area contributed by atoms with E-state index in [-0.39, 0.29) is 0 Å². The molecule has 0 amide bonds. The Kier molecular flexibility index (Phi) is 4.32. The normalized spacial score (nSPS) is 10.6. The lowest BCUT2D eigenvalue weighted by atomic mass is 10.1. The molecule has 0 aromatic heterocycles. The van der Waals surface area contributed by atoms with E-state index < -0.39 is 0 Å². The first kappa shape index (κ1) is 13.3. The topological polar surface area (TPSA) is 48.5 Å². The summed E-state index contributed by atoms with van der Waals surface area (Å²) in [5.41, 5.74) is 3.20. The van der Waals surface area contributed by atoms with Crippen molar-refractivity contribution in [1.82, 2.24) is 0 Å². The minimum absolute atomic E-state index is 0.648. The number of thioether (sulfide) groups is 1. The van der Waals surface area contributed by atoms with Gasteiger partial charge in [0.15, 0.2) is 0 Å². The third kappa shape index (κ3) is 3.21. The first-order valence-corrected chi connectivity index (χ1v) is 7.02. The molecular weight excluding hydrogens is 254 g/mol. The average molecular weight is 267 g/mol. The third-order valence-electron chi connectivity index (χ3n) is 2.57. The second-order valence-electron chi connectivity index (χ2n) is 4.01. The highest BCUT2D eigenvalue weighted by Crippen LogP contribution is 2.33. The molecule has 3 nitrogen and oxygen atoms in total. The highest BCUT2D eigenvalue weighted by atomic mass is 32.2. The third-order valence-corrected chi connectivity index (χ3v) is 3.40. The maximum atomic E-state index is 9.15. The van der Waals surface area contributed by atoms with E-state index in [2.05, 4.69) is 16.3 Å². The molecule has 0 aliphatic rings. The number of azo groups is 1. The monoisotopic (exact) mass is 267 g/mol. The Balaban J connectivity index is 2.43. The van der Waals surface area contributed by atoms with Crippen molar-refractivity contribution in [3.05, 3.63) is 53.6 Å². The first-order valence-electron chi connectivity index (χ1n) is 5.80. The maximum absolute atomic E-state index is 9.15. The zero-order chi connectivity index (χ0) is 13.7. The second kappa shape index (κ2) is 6.17. The molecule has 0 saturated heterocycles. The molecule has 19 heavy (non-hydrogen) atoms. The fourth-order valence-corrected chi connectivity index (χ4v) is 2.37. The van der Waals surface area contributed by atoms with Crippen molar-refractivity contribution in [1.29, 1.82) is 5.26 Å². The van der Waals surface area contributed by atoms with Crippen LogP contribution >= 0.6 is 11.8 Å². The lowest BCUT2D eigenvalue weighted by molar-refractivity contribution is 1.17. The fourth-order valence-electron chi connectivity index (χ4n) is 1.73. The van der Waals surface area contributed by atoms with Crippen molar-refractivity contribution >= 4 is 23.1 Å². The molecule has 0 aliphatic heterocycles. The van der Waals surface area contributed by atoms with E-state index in [9.17, 15) is 0 Å². The van der Waals surface area contributed by atoms with Crippen LogP contribution in [0.3, 0.4) is 0 Å². The number of rotatable bonds is 3. The predicted octanol–water partition coefficient (Wildman–Crippen LogP) is 5.00. The summed E-state index contributed by atoms with van der Waals surface area (Å²) in [6.45, 7) is 1.95. The van der Waals surface area contributed by atoms with Gasteiger partial charge in [-0.25, -0.2) is 0 Å². The molecule has 4 heteroatoms. The minimum atomic E-state index is 0.648. The molecule has 0 unspecified atom stereocenters. The highest BCUT2D eigenvalue weighted by molar-refractivity contribution is 7.98. The van der Waals surface area contributed by atoms with Crippen molar-refractivity contribution in [3.8, 4) is 6.07 Å². The van der Waals surface area contributed by atoms with E-state index in [4.69, 9.17) is 5.26 Å². The van der Waals surface area contributed by atoms with Crippen LogP contribution in [0.5, 0.6) is 0 Å². The minimum Gasteiger partial charge on any atom is -0.192 e. The van der Waals surface area contributed by atoms with Gasteiger partial charge in [0.25, 0.3) is 0 Å². The second-order valence-corrected chi connectivity index (χ2v) is 4.83. The molecule has 0 aliphatic carbocycles. The molecule has 0 heterocycles. The summed E-state index contributed by atoms with van der Waals surface area (Å²) in [6, 6.07) is 15.6.